The summed E-state index contributed by atoms with van der Waals surface area (Å²) in [4.78, 5) is 2.59. The quantitative estimate of drug-likeness (QED) is 0.743. The van der Waals surface area contributed by atoms with E-state index in [9.17, 15) is 0 Å². The molecule has 3 nitrogen and oxygen atoms in total. The SMILES string of the molecule is C[C@@H]1C[C@@H](C)CN(CCCOc2ccc(-n3cccc3)cc2)C1. The fourth-order valence-corrected chi connectivity index (χ4v) is 3.67. The summed E-state index contributed by atoms with van der Waals surface area (Å²) < 4.78 is 7.99. The highest BCUT2D eigenvalue weighted by Gasteiger charge is 2.20. The van der Waals surface area contributed by atoms with Crippen molar-refractivity contribution < 1.29 is 4.74 Å². The molecule has 1 aliphatic rings. The lowest BCUT2D eigenvalue weighted by Crippen LogP contribution is -2.39. The van der Waals surface area contributed by atoms with Crippen molar-refractivity contribution in [1.82, 2.24) is 9.47 Å². The molecule has 3 heteroatoms. The lowest BCUT2D eigenvalue weighted by Gasteiger charge is -2.34. The van der Waals surface area contributed by atoms with Crippen molar-refractivity contribution in [2.45, 2.75) is 26.7 Å². The van der Waals surface area contributed by atoms with E-state index in [0.717, 1.165) is 37.2 Å². The van der Waals surface area contributed by atoms with E-state index >= 15 is 0 Å². The summed E-state index contributed by atoms with van der Waals surface area (Å²) in [6.45, 7) is 9.17. The fourth-order valence-electron chi connectivity index (χ4n) is 3.67. The summed E-state index contributed by atoms with van der Waals surface area (Å²) in [6.07, 6.45) is 6.58. The number of ether oxygens (including phenoxy) is 1. The van der Waals surface area contributed by atoms with Crippen LogP contribution in [0.2, 0.25) is 0 Å². The second kappa shape index (κ2) is 7.69. The minimum absolute atomic E-state index is 0.794. The van der Waals surface area contributed by atoms with E-state index in [1.54, 1.807) is 0 Å². The van der Waals surface area contributed by atoms with Crippen LogP contribution in [0.1, 0.15) is 26.7 Å². The standard InChI is InChI=1S/C20H28N2O/c1-17-14-18(2)16-21(15-17)10-5-13-23-20-8-6-19(7-9-20)22-11-3-4-12-22/h3-4,6-9,11-12,17-18H,5,10,13-16H2,1-2H3/t17-,18-/m1/s1. The Labute approximate surface area is 139 Å². The van der Waals surface area contributed by atoms with E-state index in [1.165, 1.54) is 25.2 Å². The van der Waals surface area contributed by atoms with Crippen LogP contribution < -0.4 is 4.74 Å². The van der Waals surface area contributed by atoms with Crippen LogP contribution in [0.15, 0.2) is 48.8 Å². The molecule has 0 saturated carbocycles. The highest BCUT2D eigenvalue weighted by molar-refractivity contribution is 5.37. The Balaban J connectivity index is 1.40. The van der Waals surface area contributed by atoms with Crippen molar-refractivity contribution in [3.63, 3.8) is 0 Å². The molecule has 0 unspecified atom stereocenters. The summed E-state index contributed by atoms with van der Waals surface area (Å²) >= 11 is 0. The van der Waals surface area contributed by atoms with Gasteiger partial charge >= 0.3 is 0 Å². The highest BCUT2D eigenvalue weighted by atomic mass is 16.5. The van der Waals surface area contributed by atoms with Crippen LogP contribution in [0.25, 0.3) is 5.69 Å². The van der Waals surface area contributed by atoms with Gasteiger partial charge in [-0.15, -0.1) is 0 Å². The van der Waals surface area contributed by atoms with Crippen molar-refractivity contribution in [2.24, 2.45) is 11.8 Å². The number of aromatic nitrogens is 1. The normalized spacial score (nSPS) is 22.2. The highest BCUT2D eigenvalue weighted by Crippen LogP contribution is 2.21. The van der Waals surface area contributed by atoms with Crippen LogP contribution in [0.4, 0.5) is 0 Å². The second-order valence-corrected chi connectivity index (χ2v) is 6.99. The van der Waals surface area contributed by atoms with Crippen LogP contribution in [0.3, 0.4) is 0 Å². The van der Waals surface area contributed by atoms with Crippen LogP contribution in [-0.4, -0.2) is 35.7 Å². The van der Waals surface area contributed by atoms with Gasteiger partial charge in [0.1, 0.15) is 5.75 Å². The van der Waals surface area contributed by atoms with Gasteiger partial charge in [0.25, 0.3) is 0 Å². The third-order valence-electron chi connectivity index (χ3n) is 4.57. The van der Waals surface area contributed by atoms with Gasteiger partial charge in [-0.05, 0) is 61.1 Å². The first-order valence-electron chi connectivity index (χ1n) is 8.79. The molecule has 0 spiro atoms. The lowest BCUT2D eigenvalue weighted by molar-refractivity contribution is 0.132. The minimum Gasteiger partial charge on any atom is -0.494 e. The smallest absolute Gasteiger partial charge is 0.119 e. The molecule has 1 aromatic carbocycles. The van der Waals surface area contributed by atoms with Crippen LogP contribution in [0.5, 0.6) is 5.75 Å². The van der Waals surface area contributed by atoms with Crippen molar-refractivity contribution in [2.75, 3.05) is 26.2 Å². The van der Waals surface area contributed by atoms with Gasteiger partial charge in [-0.25, -0.2) is 0 Å². The molecule has 3 rings (SSSR count). The number of benzene rings is 1. The van der Waals surface area contributed by atoms with E-state index < -0.39 is 0 Å². The maximum atomic E-state index is 5.89. The predicted molar refractivity (Wildman–Crippen MR) is 95.3 cm³/mol. The number of nitrogens with zero attached hydrogens (tertiary/aromatic N) is 2. The number of piperidine rings is 1. The maximum Gasteiger partial charge on any atom is 0.119 e. The van der Waals surface area contributed by atoms with E-state index in [-0.39, 0.29) is 0 Å². The Morgan fingerprint density at radius 3 is 2.30 bits per heavy atom. The summed E-state index contributed by atoms with van der Waals surface area (Å²) in [5.41, 5.74) is 1.17. The molecule has 1 fully saturated rings. The zero-order valence-corrected chi connectivity index (χ0v) is 14.3. The van der Waals surface area contributed by atoms with E-state index in [1.807, 2.05) is 12.1 Å². The molecule has 124 valence electrons. The minimum atomic E-state index is 0.794. The molecule has 0 N–H and O–H groups in total. The third-order valence-corrected chi connectivity index (χ3v) is 4.57. The number of hydrogen-bond acceptors (Lipinski definition) is 2. The molecule has 0 amide bonds. The van der Waals surface area contributed by atoms with E-state index in [2.05, 4.69) is 60.0 Å². The first-order chi connectivity index (χ1) is 11.2. The van der Waals surface area contributed by atoms with Gasteiger partial charge in [0.2, 0.25) is 0 Å². The molecule has 1 aliphatic heterocycles. The number of hydrogen-bond donors (Lipinski definition) is 0. The van der Waals surface area contributed by atoms with Crippen molar-refractivity contribution in [3.05, 3.63) is 48.8 Å². The molecule has 0 bridgehead atoms. The summed E-state index contributed by atoms with van der Waals surface area (Å²) in [5.74, 6) is 2.63. The van der Waals surface area contributed by atoms with Crippen molar-refractivity contribution in [3.8, 4) is 11.4 Å². The monoisotopic (exact) mass is 312 g/mol. The van der Waals surface area contributed by atoms with Crippen LogP contribution >= 0.6 is 0 Å². The summed E-state index contributed by atoms with van der Waals surface area (Å²) in [7, 11) is 0. The molecule has 2 atom stereocenters. The fraction of sp³-hybridized carbons (Fsp3) is 0.500. The number of rotatable bonds is 6. The van der Waals surface area contributed by atoms with Gasteiger partial charge in [0.15, 0.2) is 0 Å². The average molecular weight is 312 g/mol. The average Bonchev–Trinajstić information content (AvgIpc) is 3.06. The predicted octanol–water partition coefficient (Wildman–Crippen LogP) is 4.22. The summed E-state index contributed by atoms with van der Waals surface area (Å²) in [5, 5.41) is 0. The summed E-state index contributed by atoms with van der Waals surface area (Å²) in [6, 6.07) is 12.4. The molecule has 0 aliphatic carbocycles. The Morgan fingerprint density at radius 2 is 1.65 bits per heavy atom. The Kier molecular flexibility index (Phi) is 5.39. The molecule has 0 radical (unpaired) electrons. The number of likely N-dealkylation sites (tertiary alicyclic amines) is 1. The van der Waals surface area contributed by atoms with Gasteiger partial charge in [0, 0.05) is 37.7 Å². The second-order valence-electron chi connectivity index (χ2n) is 6.99. The van der Waals surface area contributed by atoms with Gasteiger partial charge in [-0.2, -0.15) is 0 Å². The molecule has 2 heterocycles. The van der Waals surface area contributed by atoms with Crippen molar-refractivity contribution in [1.29, 1.82) is 0 Å². The molecule has 1 aromatic heterocycles. The largest absolute Gasteiger partial charge is 0.494 e. The van der Waals surface area contributed by atoms with Gasteiger partial charge < -0.3 is 14.2 Å². The first-order valence-corrected chi connectivity index (χ1v) is 8.79. The molecular formula is C20H28N2O. The zero-order valence-electron chi connectivity index (χ0n) is 14.3. The molecular weight excluding hydrogens is 284 g/mol. The molecule has 1 saturated heterocycles. The van der Waals surface area contributed by atoms with Crippen LogP contribution in [-0.2, 0) is 0 Å². The van der Waals surface area contributed by atoms with Gasteiger partial charge in [0.05, 0.1) is 6.61 Å². The maximum absolute atomic E-state index is 5.89. The Hall–Kier alpha value is -1.74. The van der Waals surface area contributed by atoms with Gasteiger partial charge in [-0.1, -0.05) is 13.8 Å². The molecule has 23 heavy (non-hydrogen) atoms. The topological polar surface area (TPSA) is 17.4 Å². The van der Waals surface area contributed by atoms with Gasteiger partial charge in [-0.3, -0.25) is 0 Å². The molecule has 2 aromatic rings. The zero-order chi connectivity index (χ0) is 16.1. The Morgan fingerprint density at radius 1 is 1.00 bits per heavy atom. The Bertz CT molecular complexity index is 566. The third kappa shape index (κ3) is 4.61. The van der Waals surface area contributed by atoms with E-state index in [0.29, 0.717) is 0 Å². The van der Waals surface area contributed by atoms with E-state index in [4.69, 9.17) is 4.74 Å². The lowest BCUT2D eigenvalue weighted by atomic mass is 9.92. The van der Waals surface area contributed by atoms with Crippen molar-refractivity contribution >= 4 is 0 Å². The first kappa shape index (κ1) is 16.1. The van der Waals surface area contributed by atoms with Crippen LogP contribution in [0, 0.1) is 11.8 Å².